The molecule has 4 rings (SSSR count). The summed E-state index contributed by atoms with van der Waals surface area (Å²) in [4.78, 5) is 79.8. The Morgan fingerprint density at radius 2 is 1.29 bits per heavy atom. The van der Waals surface area contributed by atoms with Crippen molar-refractivity contribution >= 4 is 41.6 Å². The molecule has 0 saturated heterocycles. The van der Waals surface area contributed by atoms with Crippen LogP contribution in [0.1, 0.15) is 43.9 Å². The van der Waals surface area contributed by atoms with Crippen molar-refractivity contribution < 1.29 is 38.6 Å². The molecule has 13 nitrogen and oxygen atoms in total. The molecule has 13 heteroatoms. The highest BCUT2D eigenvalue weighted by atomic mass is 16.5. The minimum atomic E-state index is -1.14. The first-order valence-corrected chi connectivity index (χ1v) is 16.7. The Kier molecular flexibility index (Phi) is 13.5. The van der Waals surface area contributed by atoms with Gasteiger partial charge in [-0.1, -0.05) is 74.5 Å². The zero-order chi connectivity index (χ0) is 36.9. The van der Waals surface area contributed by atoms with E-state index in [0.717, 1.165) is 5.56 Å². The smallest absolute Gasteiger partial charge is 0.334 e. The van der Waals surface area contributed by atoms with E-state index in [4.69, 9.17) is 4.74 Å². The minimum absolute atomic E-state index is 0.0255. The quantitative estimate of drug-likeness (QED) is 0.166. The van der Waals surface area contributed by atoms with Crippen molar-refractivity contribution in [1.29, 1.82) is 0 Å². The first-order chi connectivity index (χ1) is 24.4. The molecule has 1 aliphatic heterocycles. The Hall–Kier alpha value is -5.98. The normalized spacial score (nSPS) is 21.8. The molecular formula is C38H43N5O8. The predicted octanol–water partition coefficient (Wildman–Crippen LogP) is 1.93. The number of hydrogen-bond acceptors (Lipinski definition) is 8. The van der Waals surface area contributed by atoms with Gasteiger partial charge in [-0.2, -0.15) is 0 Å². The van der Waals surface area contributed by atoms with E-state index in [-0.39, 0.29) is 36.7 Å². The van der Waals surface area contributed by atoms with Crippen LogP contribution in [0.15, 0.2) is 84.9 Å². The van der Waals surface area contributed by atoms with Crippen LogP contribution in [0.25, 0.3) is 6.08 Å². The molecule has 2 unspecified atom stereocenters. The van der Waals surface area contributed by atoms with Gasteiger partial charge >= 0.3 is 5.97 Å². The zero-order valence-electron chi connectivity index (χ0n) is 28.7. The van der Waals surface area contributed by atoms with Gasteiger partial charge in [0.15, 0.2) is 0 Å². The summed E-state index contributed by atoms with van der Waals surface area (Å²) in [5.74, 6) is -3.92. The number of esters is 1. The van der Waals surface area contributed by atoms with Crippen molar-refractivity contribution in [2.24, 2.45) is 5.92 Å². The van der Waals surface area contributed by atoms with Crippen LogP contribution in [0.3, 0.4) is 0 Å². The standard InChI is InChI=1S/C38H43N5O8/c1-23(2)19-31-38(50)51-32-12-8-7-11-27(32)15-18-33(45)41-29(21-26-13-16-28(44)17-14-26)36(48)40-24(3)35(47)39-22-34(46)42-30(37(49)43-31)20-25-9-5-4-6-10-25/h4-18,23-24,29-31,44H,19-22H2,1-3H3,(H,39,47)(H,40,48)(H,41,45)(H,42,46)(H,43,49)/b18-15+/t24-,29?,30+,31?/m1/s1. The fourth-order valence-electron chi connectivity index (χ4n) is 5.32. The van der Waals surface area contributed by atoms with Gasteiger partial charge in [0.25, 0.3) is 0 Å². The van der Waals surface area contributed by atoms with Gasteiger partial charge in [0, 0.05) is 24.5 Å². The maximum atomic E-state index is 13.7. The highest BCUT2D eigenvalue weighted by Crippen LogP contribution is 2.21. The van der Waals surface area contributed by atoms with Gasteiger partial charge in [0.05, 0.1) is 6.54 Å². The Labute approximate surface area is 296 Å². The molecule has 5 amide bonds. The van der Waals surface area contributed by atoms with Gasteiger partial charge in [-0.05, 0) is 54.7 Å². The summed E-state index contributed by atoms with van der Waals surface area (Å²) in [5, 5.41) is 22.8. The number of amides is 5. The number of aromatic hydroxyl groups is 1. The molecule has 1 aliphatic rings. The van der Waals surface area contributed by atoms with Crippen molar-refractivity contribution in [3.05, 3.63) is 102 Å². The van der Waals surface area contributed by atoms with Crippen LogP contribution < -0.4 is 31.3 Å². The number of phenolic OH excluding ortho intramolecular Hbond substituents is 1. The zero-order valence-corrected chi connectivity index (χ0v) is 28.7. The van der Waals surface area contributed by atoms with E-state index in [1.165, 1.54) is 31.2 Å². The number of carbonyl (C=O) groups excluding carboxylic acids is 6. The summed E-state index contributed by atoms with van der Waals surface area (Å²) in [5.41, 5.74) is 1.75. The molecule has 0 spiro atoms. The number of phenols is 1. The lowest BCUT2D eigenvalue weighted by Gasteiger charge is -2.24. The van der Waals surface area contributed by atoms with Crippen LogP contribution in [0.4, 0.5) is 0 Å². The maximum absolute atomic E-state index is 13.7. The third kappa shape index (κ3) is 11.8. The first kappa shape index (κ1) is 37.8. The number of para-hydroxylation sites is 1. The second-order valence-corrected chi connectivity index (χ2v) is 12.7. The number of nitrogens with one attached hydrogen (secondary N) is 5. The number of carbonyl (C=O) groups is 6. The topological polar surface area (TPSA) is 192 Å². The molecule has 0 saturated carbocycles. The Balaban J connectivity index is 1.67. The van der Waals surface area contributed by atoms with Crippen LogP contribution in [0.5, 0.6) is 11.5 Å². The van der Waals surface area contributed by atoms with Gasteiger partial charge in [-0.15, -0.1) is 0 Å². The summed E-state index contributed by atoms with van der Waals surface area (Å²) in [6.45, 7) is 4.68. The Bertz CT molecular complexity index is 1740. The van der Waals surface area contributed by atoms with E-state index < -0.39 is 66.2 Å². The summed E-state index contributed by atoms with van der Waals surface area (Å²) in [6.07, 6.45) is 2.96. The van der Waals surface area contributed by atoms with E-state index >= 15 is 0 Å². The molecule has 0 radical (unpaired) electrons. The van der Waals surface area contributed by atoms with Crippen LogP contribution in [0, 0.1) is 5.92 Å². The average molecular weight is 698 g/mol. The van der Waals surface area contributed by atoms with Gasteiger partial charge in [0.1, 0.15) is 35.7 Å². The molecule has 1 heterocycles. The average Bonchev–Trinajstić information content (AvgIpc) is 3.10. The van der Waals surface area contributed by atoms with Gasteiger partial charge < -0.3 is 36.4 Å². The third-order valence-electron chi connectivity index (χ3n) is 7.97. The Morgan fingerprint density at radius 3 is 1.98 bits per heavy atom. The van der Waals surface area contributed by atoms with E-state index in [1.54, 1.807) is 60.7 Å². The second kappa shape index (κ2) is 18.1. The highest BCUT2D eigenvalue weighted by Gasteiger charge is 2.30. The van der Waals surface area contributed by atoms with E-state index in [1.807, 2.05) is 19.9 Å². The third-order valence-corrected chi connectivity index (χ3v) is 7.97. The molecular weight excluding hydrogens is 654 g/mol. The van der Waals surface area contributed by atoms with Crippen molar-refractivity contribution in [2.75, 3.05) is 6.54 Å². The van der Waals surface area contributed by atoms with Crippen LogP contribution in [-0.4, -0.2) is 71.3 Å². The SMILES string of the molecule is CC(C)CC1NC(=O)[C@H](Cc2ccccc2)NC(=O)CNC(=O)[C@@H](C)NC(=O)C(Cc2ccc(O)cc2)NC(=O)/C=C/c2ccccc2OC1=O. The molecule has 6 N–H and O–H groups in total. The van der Waals surface area contributed by atoms with Gasteiger partial charge in [0.2, 0.25) is 29.5 Å². The molecule has 0 fully saturated rings. The summed E-state index contributed by atoms with van der Waals surface area (Å²) < 4.78 is 5.76. The van der Waals surface area contributed by atoms with E-state index in [2.05, 4.69) is 26.6 Å². The number of rotatable bonds is 6. The lowest BCUT2D eigenvalue weighted by Crippen LogP contribution is -2.56. The minimum Gasteiger partial charge on any atom is -0.508 e. The van der Waals surface area contributed by atoms with E-state index in [0.29, 0.717) is 11.1 Å². The fraction of sp³-hybridized carbons (Fsp3) is 0.316. The van der Waals surface area contributed by atoms with Crippen LogP contribution >= 0.6 is 0 Å². The summed E-state index contributed by atoms with van der Waals surface area (Å²) in [7, 11) is 0. The van der Waals surface area contributed by atoms with Crippen LogP contribution in [0.2, 0.25) is 0 Å². The van der Waals surface area contributed by atoms with Crippen molar-refractivity contribution in [3.8, 4) is 11.5 Å². The predicted molar refractivity (Wildman–Crippen MR) is 189 cm³/mol. The monoisotopic (exact) mass is 697 g/mol. The molecule has 3 aromatic carbocycles. The van der Waals surface area contributed by atoms with Crippen molar-refractivity contribution in [3.63, 3.8) is 0 Å². The molecule has 3 aromatic rings. The van der Waals surface area contributed by atoms with Crippen molar-refractivity contribution in [1.82, 2.24) is 26.6 Å². The largest absolute Gasteiger partial charge is 0.508 e. The number of hydrogen-bond donors (Lipinski definition) is 6. The number of benzene rings is 3. The molecule has 51 heavy (non-hydrogen) atoms. The number of ether oxygens (including phenoxy) is 1. The molecule has 268 valence electrons. The maximum Gasteiger partial charge on any atom is 0.334 e. The first-order valence-electron chi connectivity index (χ1n) is 16.7. The molecule has 4 atom stereocenters. The Morgan fingerprint density at radius 1 is 0.686 bits per heavy atom. The van der Waals surface area contributed by atoms with Gasteiger partial charge in [-0.3, -0.25) is 24.0 Å². The molecule has 0 aromatic heterocycles. The summed E-state index contributed by atoms with van der Waals surface area (Å²) in [6, 6.07) is 17.2. The second-order valence-electron chi connectivity index (χ2n) is 12.7. The number of fused-ring (bicyclic) bond motifs is 1. The molecule has 0 bridgehead atoms. The molecule has 0 aliphatic carbocycles. The fourth-order valence-corrected chi connectivity index (χ4v) is 5.32. The lowest BCUT2D eigenvalue weighted by molar-refractivity contribution is -0.140. The summed E-state index contributed by atoms with van der Waals surface area (Å²) >= 11 is 0. The van der Waals surface area contributed by atoms with Gasteiger partial charge in [-0.25, -0.2) is 4.79 Å². The lowest BCUT2D eigenvalue weighted by atomic mass is 10.0. The van der Waals surface area contributed by atoms with Crippen LogP contribution in [-0.2, 0) is 41.6 Å². The van der Waals surface area contributed by atoms with E-state index in [9.17, 15) is 33.9 Å². The van der Waals surface area contributed by atoms with Crippen molar-refractivity contribution in [2.45, 2.75) is 64.2 Å². The highest BCUT2D eigenvalue weighted by molar-refractivity contribution is 5.98.